The summed E-state index contributed by atoms with van der Waals surface area (Å²) in [5.74, 6) is 0.225. The van der Waals surface area contributed by atoms with Crippen molar-refractivity contribution in [2.24, 2.45) is 5.73 Å². The van der Waals surface area contributed by atoms with Crippen LogP contribution in [-0.4, -0.2) is 0 Å². The predicted octanol–water partition coefficient (Wildman–Crippen LogP) is 13.2. The molecule has 0 aliphatic carbocycles. The Labute approximate surface area is 289 Å². The van der Waals surface area contributed by atoms with Crippen molar-refractivity contribution in [3.8, 4) is 33.4 Å². The van der Waals surface area contributed by atoms with Gasteiger partial charge in [0, 0.05) is 5.92 Å². The fraction of sp³-hybridized carbons (Fsp3) is 0.125. The molecule has 49 heavy (non-hydrogen) atoms. The molecule has 0 spiro atoms. The third-order valence-corrected chi connectivity index (χ3v) is 10.3. The number of hydrogen-bond donors (Lipinski definition) is 1. The van der Waals surface area contributed by atoms with E-state index in [1.807, 2.05) is 12.2 Å². The molecule has 0 saturated heterocycles. The van der Waals surface area contributed by atoms with Crippen LogP contribution in [0.5, 0.6) is 0 Å². The van der Waals surface area contributed by atoms with Gasteiger partial charge < -0.3 is 5.73 Å². The van der Waals surface area contributed by atoms with Crippen LogP contribution in [0, 0.1) is 0 Å². The lowest BCUT2D eigenvalue weighted by molar-refractivity contribution is 0.591. The van der Waals surface area contributed by atoms with Crippen LogP contribution in [0.15, 0.2) is 158 Å². The molecule has 2 N–H and O–H groups in total. The SMILES string of the molecule is C=CC(C/C=C\N)c1ccc(-c2cc(-c3ccc(-c4cccc5ccccc45)cc3)c3ccc4cc(C(C)(C)C)cc5ccc2c3c45)cc1. The van der Waals surface area contributed by atoms with Gasteiger partial charge in [0.1, 0.15) is 0 Å². The summed E-state index contributed by atoms with van der Waals surface area (Å²) in [5, 5.41) is 10.4. The third kappa shape index (κ3) is 5.36. The van der Waals surface area contributed by atoms with Gasteiger partial charge in [0.15, 0.2) is 0 Å². The highest BCUT2D eigenvalue weighted by atomic mass is 14.5. The maximum absolute atomic E-state index is 5.66. The van der Waals surface area contributed by atoms with E-state index in [1.54, 1.807) is 6.20 Å². The average molecular weight is 632 g/mol. The fourth-order valence-corrected chi connectivity index (χ4v) is 7.64. The highest BCUT2D eigenvalue weighted by Crippen LogP contribution is 2.45. The van der Waals surface area contributed by atoms with Crippen LogP contribution in [0.1, 0.15) is 44.2 Å². The van der Waals surface area contributed by atoms with Gasteiger partial charge in [-0.1, -0.05) is 160 Å². The number of hydrogen-bond acceptors (Lipinski definition) is 1. The van der Waals surface area contributed by atoms with E-state index in [9.17, 15) is 0 Å². The molecular formula is C48H41N. The van der Waals surface area contributed by atoms with Crippen LogP contribution < -0.4 is 5.73 Å². The summed E-state index contributed by atoms with van der Waals surface area (Å²) in [6.45, 7) is 11.0. The monoisotopic (exact) mass is 631 g/mol. The van der Waals surface area contributed by atoms with Gasteiger partial charge in [-0.15, -0.1) is 6.58 Å². The summed E-state index contributed by atoms with van der Waals surface area (Å²) >= 11 is 0. The molecule has 0 aliphatic heterocycles. The maximum atomic E-state index is 5.66. The van der Waals surface area contributed by atoms with E-state index >= 15 is 0 Å². The van der Waals surface area contributed by atoms with Gasteiger partial charge in [-0.25, -0.2) is 0 Å². The molecule has 8 rings (SSSR count). The number of fused-ring (bicyclic) bond motifs is 1. The molecule has 0 amide bonds. The second-order valence-electron chi connectivity index (χ2n) is 14.4. The Kier molecular flexibility index (Phi) is 7.57. The van der Waals surface area contributed by atoms with Gasteiger partial charge >= 0.3 is 0 Å². The molecule has 0 heterocycles. The number of benzene rings is 8. The van der Waals surface area contributed by atoms with Crippen molar-refractivity contribution in [3.63, 3.8) is 0 Å². The second kappa shape index (κ2) is 12.1. The van der Waals surface area contributed by atoms with E-state index in [2.05, 4.69) is 161 Å². The van der Waals surface area contributed by atoms with E-state index in [0.717, 1.165) is 6.42 Å². The molecule has 238 valence electrons. The third-order valence-electron chi connectivity index (χ3n) is 10.3. The molecule has 1 nitrogen and oxygen atoms in total. The zero-order valence-electron chi connectivity index (χ0n) is 28.5. The Hall–Kier alpha value is -5.66. The van der Waals surface area contributed by atoms with Gasteiger partial charge in [-0.05, 0) is 112 Å². The summed E-state index contributed by atoms with van der Waals surface area (Å²) < 4.78 is 0. The van der Waals surface area contributed by atoms with Gasteiger partial charge in [0.05, 0.1) is 0 Å². The first-order valence-electron chi connectivity index (χ1n) is 17.3. The van der Waals surface area contributed by atoms with Crippen molar-refractivity contribution < 1.29 is 0 Å². The molecule has 0 aliphatic rings. The van der Waals surface area contributed by atoms with Gasteiger partial charge in [-0.3, -0.25) is 0 Å². The summed E-state index contributed by atoms with van der Waals surface area (Å²) in [6.07, 6.45) is 6.48. The second-order valence-corrected chi connectivity index (χ2v) is 14.4. The Morgan fingerprint density at radius 1 is 0.571 bits per heavy atom. The zero-order chi connectivity index (χ0) is 33.7. The van der Waals surface area contributed by atoms with Gasteiger partial charge in [0.25, 0.3) is 0 Å². The van der Waals surface area contributed by atoms with Crippen LogP contribution in [0.3, 0.4) is 0 Å². The summed E-state index contributed by atoms with van der Waals surface area (Å²) in [5.41, 5.74) is 15.7. The minimum Gasteiger partial charge on any atom is -0.405 e. The zero-order valence-corrected chi connectivity index (χ0v) is 28.5. The number of nitrogens with two attached hydrogens (primary N) is 1. The minimum absolute atomic E-state index is 0.0670. The predicted molar refractivity (Wildman–Crippen MR) is 214 cm³/mol. The molecule has 0 fully saturated rings. The lowest BCUT2D eigenvalue weighted by Gasteiger charge is -2.23. The summed E-state index contributed by atoms with van der Waals surface area (Å²) in [6, 6.07) is 49.9. The maximum Gasteiger partial charge on any atom is 0.00504 e. The first kappa shape index (κ1) is 30.7. The Morgan fingerprint density at radius 3 is 1.73 bits per heavy atom. The van der Waals surface area contributed by atoms with Crippen LogP contribution >= 0.6 is 0 Å². The standard InChI is InChI=1S/C48H41N/c1-5-31(12-9-27-49)32-15-17-35(18-16-32)44-30-45(36-21-19-34(20-22-36)41-14-8-11-33-10-6-7-13-40(33)41)43-26-24-38-29-39(48(2,3)4)28-37-23-25-42(44)47(43)46(37)38/h5-11,13-31H,1,12,49H2,2-4H3/b27-9-. The minimum atomic E-state index is 0.0670. The van der Waals surface area contributed by atoms with Crippen LogP contribution in [0.2, 0.25) is 0 Å². The van der Waals surface area contributed by atoms with Crippen molar-refractivity contribution in [3.05, 3.63) is 170 Å². The molecule has 1 atom stereocenters. The highest BCUT2D eigenvalue weighted by Gasteiger charge is 2.20. The molecule has 0 radical (unpaired) electrons. The van der Waals surface area contributed by atoms with Crippen LogP contribution in [-0.2, 0) is 5.41 Å². The molecule has 1 heteroatoms. The molecule has 1 unspecified atom stereocenters. The molecular weight excluding hydrogens is 591 g/mol. The van der Waals surface area contributed by atoms with Crippen LogP contribution in [0.25, 0.3) is 76.5 Å². The van der Waals surface area contributed by atoms with Crippen molar-refractivity contribution >= 4 is 43.1 Å². The molecule has 0 saturated carbocycles. The topological polar surface area (TPSA) is 26.0 Å². The van der Waals surface area contributed by atoms with Crippen molar-refractivity contribution in [2.75, 3.05) is 0 Å². The lowest BCUT2D eigenvalue weighted by Crippen LogP contribution is -2.10. The normalized spacial score (nSPS) is 12.9. The Morgan fingerprint density at radius 2 is 1.14 bits per heavy atom. The van der Waals surface area contributed by atoms with E-state index in [0.29, 0.717) is 0 Å². The van der Waals surface area contributed by atoms with E-state index in [4.69, 9.17) is 5.73 Å². The first-order chi connectivity index (χ1) is 23.8. The van der Waals surface area contributed by atoms with Gasteiger partial charge in [-0.2, -0.15) is 0 Å². The number of rotatable bonds is 7. The van der Waals surface area contributed by atoms with E-state index in [-0.39, 0.29) is 11.3 Å². The van der Waals surface area contributed by atoms with Crippen molar-refractivity contribution in [2.45, 2.75) is 38.5 Å². The smallest absolute Gasteiger partial charge is 0.00504 e. The van der Waals surface area contributed by atoms with E-state index in [1.165, 1.54) is 87.6 Å². The van der Waals surface area contributed by atoms with Crippen molar-refractivity contribution in [1.29, 1.82) is 0 Å². The summed E-state index contributed by atoms with van der Waals surface area (Å²) in [4.78, 5) is 0. The quantitative estimate of drug-likeness (QED) is 0.137. The summed E-state index contributed by atoms with van der Waals surface area (Å²) in [7, 11) is 0. The molecule has 0 aromatic heterocycles. The average Bonchev–Trinajstić information content (AvgIpc) is 3.13. The van der Waals surface area contributed by atoms with Gasteiger partial charge in [0.2, 0.25) is 0 Å². The molecule has 8 aromatic carbocycles. The van der Waals surface area contributed by atoms with Crippen LogP contribution in [0.4, 0.5) is 0 Å². The molecule has 8 aromatic rings. The largest absolute Gasteiger partial charge is 0.405 e. The lowest BCUT2D eigenvalue weighted by atomic mass is 9.81. The Balaban J connectivity index is 1.34. The Bertz CT molecular complexity index is 2480. The fourth-order valence-electron chi connectivity index (χ4n) is 7.64. The molecule has 0 bridgehead atoms. The first-order valence-corrected chi connectivity index (χ1v) is 17.3. The van der Waals surface area contributed by atoms with E-state index < -0.39 is 0 Å². The number of allylic oxidation sites excluding steroid dienone is 2. The highest BCUT2D eigenvalue weighted by molar-refractivity contribution is 6.28. The van der Waals surface area contributed by atoms with Crippen molar-refractivity contribution in [1.82, 2.24) is 0 Å².